The highest BCUT2D eigenvalue weighted by Gasteiger charge is 2.04. The van der Waals surface area contributed by atoms with Crippen LogP contribution in [0.25, 0.3) is 0 Å². The third-order valence-corrected chi connectivity index (χ3v) is 15.7. The third-order valence-electron chi connectivity index (χ3n) is 10.8. The second-order valence-corrected chi connectivity index (χ2v) is 21.4. The molecule has 9 heteroatoms. The lowest BCUT2D eigenvalue weighted by atomic mass is 10.1. The first-order valence-electron chi connectivity index (χ1n) is 23.7. The van der Waals surface area contributed by atoms with Crippen molar-refractivity contribution in [2.45, 2.75) is 135 Å². The van der Waals surface area contributed by atoms with Crippen LogP contribution in [0.2, 0.25) is 0 Å². The molecule has 0 aliphatic carbocycles. The third kappa shape index (κ3) is 27.9. The topological polar surface area (TPSA) is 54.0 Å². The fraction of sp³-hybridized carbons (Fsp3) is 0.537. The highest BCUT2D eigenvalue weighted by molar-refractivity contribution is 8.77. The van der Waals surface area contributed by atoms with Crippen LogP contribution >= 0.6 is 43.2 Å². The van der Waals surface area contributed by atoms with Gasteiger partial charge in [0.15, 0.2) is 0 Å². The summed E-state index contributed by atoms with van der Waals surface area (Å²) in [6, 6.07) is 32.2. The number of hydrogen-bond acceptors (Lipinski definition) is 9. The lowest BCUT2D eigenvalue weighted by Gasteiger charge is -2.07. The van der Waals surface area contributed by atoms with Gasteiger partial charge < -0.3 is 18.9 Å². The summed E-state index contributed by atoms with van der Waals surface area (Å²) in [6.07, 6.45) is 27.2. The molecule has 0 saturated heterocycles. The number of para-hydroxylation sites is 1. The first-order chi connectivity index (χ1) is 31.1. The van der Waals surface area contributed by atoms with Crippen molar-refractivity contribution in [3.63, 3.8) is 0 Å². The van der Waals surface area contributed by atoms with Crippen molar-refractivity contribution in [2.75, 3.05) is 50.4 Å². The van der Waals surface area contributed by atoms with Gasteiger partial charge in [-0.25, -0.2) is 0 Å². The first-order valence-corrected chi connectivity index (χ1v) is 28.7. The summed E-state index contributed by atoms with van der Waals surface area (Å²) in [4.78, 5) is 11.0. The van der Waals surface area contributed by atoms with Crippen molar-refractivity contribution in [3.05, 3.63) is 119 Å². The maximum atomic E-state index is 11.0. The van der Waals surface area contributed by atoms with Gasteiger partial charge in [0.25, 0.3) is 0 Å². The van der Waals surface area contributed by atoms with Crippen LogP contribution in [0.1, 0.15) is 143 Å². The molecule has 0 fully saturated rings. The van der Waals surface area contributed by atoms with Crippen LogP contribution in [0.5, 0.6) is 23.0 Å². The Morgan fingerprint density at radius 1 is 0.429 bits per heavy atom. The number of carbonyl (C=O) groups is 1. The Morgan fingerprint density at radius 3 is 1.41 bits per heavy atom. The number of aldehydes is 1. The van der Waals surface area contributed by atoms with Gasteiger partial charge in [0, 0.05) is 34.6 Å². The molecule has 63 heavy (non-hydrogen) atoms. The second-order valence-electron chi connectivity index (χ2n) is 16.0. The quantitative estimate of drug-likeness (QED) is 0.0250. The molecule has 348 valence electrons. The van der Waals surface area contributed by atoms with E-state index < -0.39 is 0 Å². The van der Waals surface area contributed by atoms with Gasteiger partial charge in [-0.15, -0.1) is 0 Å². The lowest BCUT2D eigenvalue weighted by molar-refractivity contribution is 0.112. The van der Waals surface area contributed by atoms with Gasteiger partial charge >= 0.3 is 0 Å². The molecule has 4 aromatic carbocycles. The lowest BCUT2D eigenvalue weighted by Crippen LogP contribution is -1.97. The number of methoxy groups -OCH3 is 2. The number of benzene rings is 4. The largest absolute Gasteiger partial charge is 0.497 e. The van der Waals surface area contributed by atoms with E-state index in [9.17, 15) is 4.79 Å². The van der Waals surface area contributed by atoms with Crippen LogP contribution in [-0.4, -0.2) is 56.7 Å². The normalized spacial score (nSPS) is 10.8. The van der Waals surface area contributed by atoms with E-state index in [2.05, 4.69) is 58.8 Å². The Labute approximate surface area is 398 Å². The zero-order valence-electron chi connectivity index (χ0n) is 38.9. The summed E-state index contributed by atoms with van der Waals surface area (Å²) in [5, 5.41) is 0. The highest BCUT2D eigenvalue weighted by atomic mass is 33.1. The Hall–Kier alpha value is -2.85. The molecule has 0 amide bonds. The zero-order chi connectivity index (χ0) is 44.7. The van der Waals surface area contributed by atoms with E-state index in [1.165, 1.54) is 132 Å². The van der Waals surface area contributed by atoms with E-state index in [1.807, 2.05) is 88.3 Å². The van der Waals surface area contributed by atoms with Crippen molar-refractivity contribution < 1.29 is 23.7 Å². The molecule has 0 aliphatic heterocycles. The summed E-state index contributed by atoms with van der Waals surface area (Å²) in [5.41, 5.74) is 4.46. The van der Waals surface area contributed by atoms with Crippen molar-refractivity contribution >= 4 is 49.5 Å². The average molecular weight is 935 g/mol. The SMILES string of the molecule is COc1cccc(OCCCCCCCCCCCSSCCCCCCCCCCCOc2cccc(C)c2)c1.COc1ccccc1CCSSCCc1ccccc1C=O. The Bertz CT molecular complexity index is 1700. The number of unbranched alkanes of at least 4 members (excludes halogenated alkanes) is 16. The molecular weight excluding hydrogens is 857 g/mol. The van der Waals surface area contributed by atoms with Crippen LogP contribution in [-0.2, 0) is 12.8 Å². The van der Waals surface area contributed by atoms with Crippen LogP contribution in [0.15, 0.2) is 97.1 Å². The fourth-order valence-electron chi connectivity index (χ4n) is 7.10. The predicted octanol–water partition coefficient (Wildman–Crippen LogP) is 16.5. The number of hydrogen-bond donors (Lipinski definition) is 0. The molecule has 0 saturated carbocycles. The molecule has 0 aromatic heterocycles. The predicted molar refractivity (Wildman–Crippen MR) is 280 cm³/mol. The molecule has 4 aromatic rings. The standard InChI is InChI=1S/C36H58O3S2.C18H20O2S2/c1-33-23-21-25-35(31-33)38-27-17-13-9-5-3-7-11-15-19-29-40-41-30-20-16-12-8-4-6-10-14-18-28-39-36-26-22-24-34(32-36)37-2;1-20-18-9-5-4-7-16(18)11-13-22-21-12-10-15-6-2-3-8-17(15)14-19/h21-26,31-32H,3-20,27-30H2,1-2H3;2-9,14H,10-13H2,1H3. The van der Waals surface area contributed by atoms with Crippen molar-refractivity contribution in [1.29, 1.82) is 0 Å². The number of rotatable bonds is 37. The molecule has 0 aliphatic rings. The molecule has 0 bridgehead atoms. The van der Waals surface area contributed by atoms with Gasteiger partial charge in [-0.3, -0.25) is 4.79 Å². The maximum Gasteiger partial charge on any atom is 0.150 e. The van der Waals surface area contributed by atoms with Crippen molar-refractivity contribution in [3.8, 4) is 23.0 Å². The minimum atomic E-state index is 0.802. The molecule has 0 atom stereocenters. The number of aryl methyl sites for hydroxylation is 3. The Kier molecular flexibility index (Phi) is 33.2. The molecule has 0 radical (unpaired) electrons. The van der Waals surface area contributed by atoms with Gasteiger partial charge in [-0.1, -0.05) is 194 Å². The molecule has 5 nitrogen and oxygen atoms in total. The summed E-state index contributed by atoms with van der Waals surface area (Å²) in [6.45, 7) is 3.77. The monoisotopic (exact) mass is 934 g/mol. The molecule has 0 N–H and O–H groups in total. The van der Waals surface area contributed by atoms with E-state index in [0.717, 1.165) is 84.4 Å². The first kappa shape index (κ1) is 54.5. The van der Waals surface area contributed by atoms with Crippen molar-refractivity contribution in [1.82, 2.24) is 0 Å². The van der Waals surface area contributed by atoms with Gasteiger partial charge in [0.2, 0.25) is 0 Å². The fourth-order valence-corrected chi connectivity index (χ4v) is 11.4. The van der Waals surface area contributed by atoms with E-state index in [-0.39, 0.29) is 0 Å². The maximum absolute atomic E-state index is 11.0. The summed E-state index contributed by atoms with van der Waals surface area (Å²) >= 11 is 0. The van der Waals surface area contributed by atoms with E-state index in [1.54, 1.807) is 14.2 Å². The summed E-state index contributed by atoms with van der Waals surface area (Å²) < 4.78 is 22.3. The minimum absolute atomic E-state index is 0.802. The zero-order valence-corrected chi connectivity index (χ0v) is 42.1. The number of carbonyl (C=O) groups excluding carboxylic acids is 1. The molecule has 0 unspecified atom stereocenters. The Morgan fingerprint density at radius 2 is 0.873 bits per heavy atom. The van der Waals surface area contributed by atoms with Crippen LogP contribution in [0.3, 0.4) is 0 Å². The second kappa shape index (κ2) is 38.4. The van der Waals surface area contributed by atoms with E-state index >= 15 is 0 Å². The van der Waals surface area contributed by atoms with E-state index in [4.69, 9.17) is 18.9 Å². The highest BCUT2D eigenvalue weighted by Crippen LogP contribution is 2.27. The Balaban J connectivity index is 0.000000401. The van der Waals surface area contributed by atoms with Gasteiger partial charge in [-0.2, -0.15) is 0 Å². The van der Waals surface area contributed by atoms with Crippen molar-refractivity contribution in [2.24, 2.45) is 0 Å². The molecule has 0 spiro atoms. The molecule has 4 rings (SSSR count). The number of ether oxygens (including phenoxy) is 4. The van der Waals surface area contributed by atoms with Gasteiger partial charge in [0.05, 0.1) is 27.4 Å². The van der Waals surface area contributed by atoms with Crippen LogP contribution in [0.4, 0.5) is 0 Å². The smallest absolute Gasteiger partial charge is 0.150 e. The summed E-state index contributed by atoms with van der Waals surface area (Å²) in [7, 11) is 11.3. The van der Waals surface area contributed by atoms with Crippen LogP contribution < -0.4 is 18.9 Å². The van der Waals surface area contributed by atoms with Gasteiger partial charge in [0.1, 0.15) is 29.3 Å². The average Bonchev–Trinajstić information content (AvgIpc) is 3.31. The van der Waals surface area contributed by atoms with Gasteiger partial charge in [-0.05, 0) is 92.5 Å². The van der Waals surface area contributed by atoms with Crippen LogP contribution in [0, 0.1) is 6.92 Å². The summed E-state index contributed by atoms with van der Waals surface area (Å²) in [5.74, 6) is 8.47. The molecule has 0 heterocycles. The minimum Gasteiger partial charge on any atom is -0.497 e. The van der Waals surface area contributed by atoms with E-state index in [0.29, 0.717) is 0 Å². The molecular formula is C54H78O5S4.